The van der Waals surface area contributed by atoms with E-state index in [4.69, 9.17) is 0 Å². The number of nitrogens with one attached hydrogen (secondary N) is 2. The predicted octanol–water partition coefficient (Wildman–Crippen LogP) is 8.21. The number of H-pyrrole nitrogens is 2. The molecule has 0 atom stereocenters. The van der Waals surface area contributed by atoms with E-state index in [0.29, 0.717) is 0 Å². The second kappa shape index (κ2) is 14.6. The zero-order valence-electron chi connectivity index (χ0n) is 24.7. The Kier molecular flexibility index (Phi) is 10.2. The van der Waals surface area contributed by atoms with Crippen molar-refractivity contribution in [3.8, 4) is 11.1 Å². The zero-order valence-corrected chi connectivity index (χ0v) is 30.4. The topological polar surface area (TPSA) is 83.1 Å². The maximum atomic E-state index is 4.63. The van der Waals surface area contributed by atoms with E-state index in [1.54, 1.807) is 11.3 Å². The van der Waals surface area contributed by atoms with Gasteiger partial charge in [0.1, 0.15) is 0 Å². The number of nitrogens with zero attached hydrogens (tertiary/aromatic N) is 4. The molecule has 0 radical (unpaired) electrons. The van der Waals surface area contributed by atoms with Crippen molar-refractivity contribution in [1.82, 2.24) is 29.5 Å². The largest absolute Gasteiger partial charge is 0.355 e. The van der Waals surface area contributed by atoms with Gasteiger partial charge in [0.2, 0.25) is 0 Å². The molecule has 1 aliphatic carbocycles. The summed E-state index contributed by atoms with van der Waals surface area (Å²) in [5.41, 5.74) is 13.6. The smallest absolute Gasteiger partial charge is 0.158 e. The molecule has 6 nitrogen and oxygen atoms in total. The Labute approximate surface area is 304 Å². The fourth-order valence-corrected chi connectivity index (χ4v) is 7.01. The molecule has 0 amide bonds. The third-order valence-electron chi connectivity index (χ3n) is 7.63. The summed E-state index contributed by atoms with van der Waals surface area (Å²) in [6, 6.07) is 35.7. The van der Waals surface area contributed by atoms with Crippen molar-refractivity contribution in [3.63, 3.8) is 0 Å². The van der Waals surface area contributed by atoms with Gasteiger partial charge in [-0.05, 0) is 135 Å². The van der Waals surface area contributed by atoms with E-state index in [1.807, 2.05) is 60.0 Å². The van der Waals surface area contributed by atoms with Crippen LogP contribution in [0.15, 0.2) is 109 Å². The van der Waals surface area contributed by atoms with Crippen molar-refractivity contribution in [2.45, 2.75) is 6.42 Å². The van der Waals surface area contributed by atoms with Gasteiger partial charge >= 0.3 is 0 Å². The van der Waals surface area contributed by atoms with Gasteiger partial charge in [0.25, 0.3) is 0 Å². The molecule has 226 valence electrons. The Morgan fingerprint density at radius 2 is 1.00 bits per heavy atom. The molecule has 2 aliphatic heterocycles. The summed E-state index contributed by atoms with van der Waals surface area (Å²) in [5, 5.41) is 5.89. The molecular formula is C37H30CdN6S2Si. The molecule has 3 aliphatic rings. The molecule has 2 N–H and O–H groups in total. The number of hydrogen-bond donors (Lipinski definition) is 2. The monoisotopic (exact) mass is 764 g/mol. The van der Waals surface area contributed by atoms with Crippen LogP contribution in [0.1, 0.15) is 33.9 Å². The molecule has 10 rings (SSSR count). The van der Waals surface area contributed by atoms with Crippen LogP contribution in [0.2, 0.25) is 0 Å². The standard InChI is InChI=1S/C20H14N4.C13H10.C4H2N2S2.Cd.H4Si/c1-2-14-10-16-5-6-18(23-16)12-20-8-7-19(24-20)11-17-4-3-15(22-17)9-13(1)21-14;1-3-7-12-10(5-1)9-11-6-2-4-8-13(11)12;1-2-7-4-3(1)8-6-5-4;;/h1-12,21,24H;1-8H,9H2;1-2H;;1H4. The molecule has 47 heavy (non-hydrogen) atoms. The summed E-state index contributed by atoms with van der Waals surface area (Å²) in [4.78, 5) is 17.1. The van der Waals surface area contributed by atoms with E-state index in [0.717, 1.165) is 56.1 Å². The van der Waals surface area contributed by atoms with Gasteiger partial charge in [0.05, 0.1) is 27.5 Å². The second-order valence-electron chi connectivity index (χ2n) is 10.8. The van der Waals surface area contributed by atoms with Crippen LogP contribution < -0.4 is 0 Å². The summed E-state index contributed by atoms with van der Waals surface area (Å²) < 4.78 is 4.95. The number of fused-ring (bicyclic) bond motifs is 12. The van der Waals surface area contributed by atoms with Crippen LogP contribution in [-0.2, 0) is 33.7 Å². The number of aromatic nitrogens is 6. The third kappa shape index (κ3) is 7.49. The normalized spacial score (nSPS) is 11.7. The van der Waals surface area contributed by atoms with Crippen molar-refractivity contribution < 1.29 is 27.3 Å². The number of rotatable bonds is 0. The van der Waals surface area contributed by atoms with Gasteiger partial charge in [0.15, 0.2) is 4.83 Å². The first-order valence-electron chi connectivity index (χ1n) is 14.6. The number of aromatic amines is 2. The van der Waals surface area contributed by atoms with Crippen LogP contribution >= 0.6 is 22.9 Å². The SMILES string of the molecule is C1=Cc2cc3ccc(cc4nc(cc5ccc(cc1n2)[nH]5)C=C4)[nH]3.[Cd].[SiH4].c1cc2snnc2s1.c1ccc2c(c1)Cc1ccccc1-2. The molecule has 0 saturated carbocycles. The first kappa shape index (κ1) is 32.6. The molecule has 0 unspecified atom stereocenters. The van der Waals surface area contributed by atoms with E-state index in [9.17, 15) is 0 Å². The Balaban J connectivity index is 0.000000140. The van der Waals surface area contributed by atoms with E-state index < -0.39 is 0 Å². The third-order valence-corrected chi connectivity index (χ3v) is 9.24. The molecule has 0 saturated heterocycles. The van der Waals surface area contributed by atoms with Crippen molar-refractivity contribution in [2.75, 3.05) is 0 Å². The van der Waals surface area contributed by atoms with E-state index >= 15 is 0 Å². The molecule has 7 aromatic rings. The molecule has 0 spiro atoms. The molecular weight excluding hydrogens is 733 g/mol. The average Bonchev–Trinajstić information content (AvgIpc) is 3.89. The maximum absolute atomic E-state index is 4.63. The Morgan fingerprint density at radius 1 is 0.553 bits per heavy atom. The molecule has 8 bridgehead atoms. The van der Waals surface area contributed by atoms with Crippen LogP contribution in [0.5, 0.6) is 0 Å². The van der Waals surface area contributed by atoms with Gasteiger partial charge in [-0.25, -0.2) is 9.97 Å². The van der Waals surface area contributed by atoms with Crippen LogP contribution in [-0.4, -0.2) is 40.5 Å². The molecule has 5 aromatic heterocycles. The number of hydrogen-bond acceptors (Lipinski definition) is 6. The fraction of sp³-hybridized carbons (Fsp3) is 0.0270. The summed E-state index contributed by atoms with van der Waals surface area (Å²) in [5.74, 6) is 0. The van der Waals surface area contributed by atoms with E-state index in [2.05, 4.69) is 102 Å². The first-order chi connectivity index (χ1) is 22.2. The van der Waals surface area contributed by atoms with Gasteiger partial charge in [-0.2, -0.15) is 0 Å². The Bertz CT molecular complexity index is 2130. The Morgan fingerprint density at radius 3 is 1.45 bits per heavy atom. The van der Waals surface area contributed by atoms with E-state index in [-0.39, 0.29) is 38.3 Å². The van der Waals surface area contributed by atoms with Crippen LogP contribution in [0.25, 0.3) is 67.0 Å². The van der Waals surface area contributed by atoms with Gasteiger partial charge < -0.3 is 9.97 Å². The minimum Gasteiger partial charge on any atom is -0.355 e. The van der Waals surface area contributed by atoms with Crippen LogP contribution in [0.3, 0.4) is 0 Å². The maximum Gasteiger partial charge on any atom is 0.158 e. The summed E-state index contributed by atoms with van der Waals surface area (Å²) in [7, 11) is 0. The predicted molar refractivity (Wildman–Crippen MR) is 200 cm³/mol. The van der Waals surface area contributed by atoms with Gasteiger partial charge in [-0.15, -0.1) is 16.4 Å². The van der Waals surface area contributed by atoms with Crippen LogP contribution in [0, 0.1) is 0 Å². The Hall–Kier alpha value is -4.30. The quantitative estimate of drug-likeness (QED) is 0.153. The minimum atomic E-state index is 0. The van der Waals surface area contributed by atoms with Crippen molar-refractivity contribution in [3.05, 3.63) is 142 Å². The summed E-state index contributed by atoms with van der Waals surface area (Å²) in [6.45, 7) is 0. The molecule has 7 heterocycles. The number of benzene rings is 2. The molecule has 0 fully saturated rings. The number of thiophene rings is 1. The fourth-order valence-electron chi connectivity index (χ4n) is 5.56. The van der Waals surface area contributed by atoms with E-state index in [1.165, 1.54) is 38.5 Å². The van der Waals surface area contributed by atoms with Gasteiger partial charge in [-0.3, -0.25) is 0 Å². The average molecular weight is 763 g/mol. The summed E-state index contributed by atoms with van der Waals surface area (Å²) >= 11 is 3.07. The van der Waals surface area contributed by atoms with Gasteiger partial charge in [-0.1, -0.05) is 53.0 Å². The second-order valence-corrected chi connectivity index (χ2v) is 12.4. The van der Waals surface area contributed by atoms with Gasteiger partial charge in [0, 0.05) is 49.4 Å². The summed E-state index contributed by atoms with van der Waals surface area (Å²) in [6.07, 6.45) is 9.19. The van der Waals surface area contributed by atoms with Crippen molar-refractivity contribution in [1.29, 1.82) is 0 Å². The van der Waals surface area contributed by atoms with Crippen molar-refractivity contribution >= 4 is 89.7 Å². The molecule has 2 aromatic carbocycles. The van der Waals surface area contributed by atoms with Crippen molar-refractivity contribution in [2.24, 2.45) is 0 Å². The van der Waals surface area contributed by atoms with Crippen LogP contribution in [0.4, 0.5) is 0 Å². The zero-order chi connectivity index (χ0) is 30.0. The first-order valence-corrected chi connectivity index (χ1v) is 16.2. The minimum absolute atomic E-state index is 0. The molecule has 10 heteroatoms.